The van der Waals surface area contributed by atoms with Crippen LogP contribution in [0, 0.1) is 11.3 Å². The molecule has 7 nitrogen and oxygen atoms in total. The van der Waals surface area contributed by atoms with E-state index in [1.54, 1.807) is 34.7 Å². The number of thiazole rings is 1. The minimum atomic E-state index is -0.654. The summed E-state index contributed by atoms with van der Waals surface area (Å²) >= 11 is 1.52. The molecule has 28 heavy (non-hydrogen) atoms. The highest BCUT2D eigenvalue weighted by Gasteiger charge is 2.55. The van der Waals surface area contributed by atoms with E-state index < -0.39 is 5.41 Å². The lowest BCUT2D eigenvalue weighted by Gasteiger charge is -2.35. The molecule has 0 spiro atoms. The molecule has 0 N–H and O–H groups in total. The summed E-state index contributed by atoms with van der Waals surface area (Å²) in [6.45, 7) is 2.25. The molecule has 3 heterocycles. The second kappa shape index (κ2) is 7.89. The standard InChI is InChI=1S/C20H22N2O5S/c1-25-19(24)20-6-7-26-9-15(20)8-22(12-20)18(23)14-2-4-17(5-3-14)27-10-16-11-28-13-21-16/h2-5,11,13,15H,6-10,12H2,1H3/t15-,20+/m0/s1. The van der Waals surface area contributed by atoms with Crippen molar-refractivity contribution in [3.05, 3.63) is 46.4 Å². The summed E-state index contributed by atoms with van der Waals surface area (Å²) < 4.78 is 16.3. The van der Waals surface area contributed by atoms with E-state index in [-0.39, 0.29) is 17.8 Å². The van der Waals surface area contributed by atoms with E-state index in [1.165, 1.54) is 18.4 Å². The number of aromatic nitrogens is 1. The third-order valence-corrected chi connectivity index (χ3v) is 6.19. The first-order valence-corrected chi connectivity index (χ1v) is 10.1. The summed E-state index contributed by atoms with van der Waals surface area (Å²) in [4.78, 5) is 31.4. The fraction of sp³-hybridized carbons (Fsp3) is 0.450. The van der Waals surface area contributed by atoms with E-state index in [4.69, 9.17) is 14.2 Å². The van der Waals surface area contributed by atoms with Gasteiger partial charge in [0.1, 0.15) is 12.4 Å². The molecule has 0 radical (unpaired) electrons. The minimum absolute atomic E-state index is 0.0293. The van der Waals surface area contributed by atoms with Gasteiger partial charge in [-0.15, -0.1) is 11.3 Å². The Balaban J connectivity index is 1.43. The third-order valence-electron chi connectivity index (χ3n) is 5.56. The van der Waals surface area contributed by atoms with Crippen LogP contribution >= 0.6 is 11.3 Å². The van der Waals surface area contributed by atoms with Crippen LogP contribution in [0.3, 0.4) is 0 Å². The quantitative estimate of drug-likeness (QED) is 0.715. The van der Waals surface area contributed by atoms with E-state index >= 15 is 0 Å². The predicted octanol–water partition coefficient (Wildman–Crippen LogP) is 2.37. The number of rotatable bonds is 5. The fourth-order valence-corrected chi connectivity index (χ4v) is 4.53. The number of fused-ring (bicyclic) bond motifs is 1. The van der Waals surface area contributed by atoms with Gasteiger partial charge < -0.3 is 19.1 Å². The van der Waals surface area contributed by atoms with Crippen molar-refractivity contribution in [1.29, 1.82) is 0 Å². The van der Waals surface area contributed by atoms with Crippen molar-refractivity contribution in [3.63, 3.8) is 0 Å². The summed E-state index contributed by atoms with van der Waals surface area (Å²) in [5.74, 6) is 0.308. The van der Waals surface area contributed by atoms with Crippen molar-refractivity contribution in [1.82, 2.24) is 9.88 Å². The molecule has 2 saturated heterocycles. The fourth-order valence-electron chi connectivity index (χ4n) is 3.98. The molecule has 1 aromatic heterocycles. The lowest BCUT2D eigenvalue weighted by Crippen LogP contribution is -2.45. The smallest absolute Gasteiger partial charge is 0.314 e. The van der Waals surface area contributed by atoms with Crippen molar-refractivity contribution >= 4 is 23.2 Å². The predicted molar refractivity (Wildman–Crippen MR) is 102 cm³/mol. The molecule has 0 bridgehead atoms. The second-order valence-corrected chi connectivity index (χ2v) is 7.87. The van der Waals surface area contributed by atoms with E-state index in [0.717, 1.165) is 5.69 Å². The average Bonchev–Trinajstić information content (AvgIpc) is 3.39. The van der Waals surface area contributed by atoms with Crippen LogP contribution in [-0.4, -0.2) is 55.2 Å². The molecule has 0 aliphatic carbocycles. The molecule has 1 amide bonds. The molecule has 0 saturated carbocycles. The van der Waals surface area contributed by atoms with Gasteiger partial charge in [-0.25, -0.2) is 4.98 Å². The van der Waals surface area contributed by atoms with Gasteiger partial charge in [-0.3, -0.25) is 9.59 Å². The number of hydrogen-bond donors (Lipinski definition) is 0. The zero-order chi connectivity index (χ0) is 19.6. The number of nitrogens with zero attached hydrogens (tertiary/aromatic N) is 2. The Morgan fingerprint density at radius 2 is 2.18 bits per heavy atom. The number of esters is 1. The van der Waals surface area contributed by atoms with E-state index in [0.29, 0.717) is 50.6 Å². The van der Waals surface area contributed by atoms with Crippen molar-refractivity contribution in [3.8, 4) is 5.75 Å². The first-order valence-electron chi connectivity index (χ1n) is 9.18. The maximum atomic E-state index is 13.0. The van der Waals surface area contributed by atoms with Gasteiger partial charge >= 0.3 is 5.97 Å². The SMILES string of the molecule is COC(=O)[C@@]12CCOC[C@@H]1CN(C(=O)c1ccc(OCc3cscn3)cc1)C2. The van der Waals surface area contributed by atoms with Gasteiger partial charge in [-0.05, 0) is 30.7 Å². The number of likely N-dealkylation sites (tertiary alicyclic amines) is 1. The van der Waals surface area contributed by atoms with Crippen LogP contribution < -0.4 is 4.74 Å². The Bertz CT molecular complexity index is 839. The normalized spacial score (nSPS) is 23.9. The number of hydrogen-bond acceptors (Lipinski definition) is 7. The molecule has 1 aromatic carbocycles. The Morgan fingerprint density at radius 1 is 1.36 bits per heavy atom. The van der Waals surface area contributed by atoms with E-state index in [2.05, 4.69) is 4.98 Å². The van der Waals surface area contributed by atoms with E-state index in [1.807, 2.05) is 5.38 Å². The number of benzene rings is 1. The molecule has 2 atom stereocenters. The summed E-state index contributed by atoms with van der Waals surface area (Å²) in [5, 5.41) is 1.94. The van der Waals surface area contributed by atoms with Crippen LogP contribution in [0.15, 0.2) is 35.2 Å². The van der Waals surface area contributed by atoms with Crippen LogP contribution in [0.4, 0.5) is 0 Å². The van der Waals surface area contributed by atoms with Crippen molar-refractivity contribution < 1.29 is 23.8 Å². The van der Waals surface area contributed by atoms with Crippen LogP contribution in [0.1, 0.15) is 22.5 Å². The number of amides is 1. The monoisotopic (exact) mass is 402 g/mol. The first-order chi connectivity index (χ1) is 13.6. The summed E-state index contributed by atoms with van der Waals surface area (Å²) in [6.07, 6.45) is 0.581. The zero-order valence-electron chi connectivity index (χ0n) is 15.6. The molecule has 2 fully saturated rings. The van der Waals surface area contributed by atoms with Gasteiger partial charge in [0.25, 0.3) is 5.91 Å². The van der Waals surface area contributed by atoms with Gasteiger partial charge in [0, 0.05) is 36.6 Å². The van der Waals surface area contributed by atoms with Gasteiger partial charge in [-0.2, -0.15) is 0 Å². The van der Waals surface area contributed by atoms with Crippen molar-refractivity contribution in [2.45, 2.75) is 13.0 Å². The Kier molecular flexibility index (Phi) is 5.32. The van der Waals surface area contributed by atoms with Crippen molar-refractivity contribution in [2.24, 2.45) is 11.3 Å². The maximum Gasteiger partial charge on any atom is 0.314 e. The third kappa shape index (κ3) is 3.49. The Morgan fingerprint density at radius 3 is 2.89 bits per heavy atom. The van der Waals surface area contributed by atoms with Gasteiger partial charge in [-0.1, -0.05) is 0 Å². The van der Waals surface area contributed by atoms with Gasteiger partial charge in [0.15, 0.2) is 0 Å². The molecule has 4 rings (SSSR count). The number of carbonyl (C=O) groups is 2. The second-order valence-electron chi connectivity index (χ2n) is 7.15. The first kappa shape index (κ1) is 18.9. The maximum absolute atomic E-state index is 13.0. The van der Waals surface area contributed by atoms with Crippen LogP contribution in [0.25, 0.3) is 0 Å². The molecule has 8 heteroatoms. The molecule has 0 unspecified atom stereocenters. The molecular formula is C20H22N2O5S. The molecule has 148 valence electrons. The minimum Gasteiger partial charge on any atom is -0.487 e. The molecule has 2 aliphatic heterocycles. The summed E-state index contributed by atoms with van der Waals surface area (Å²) in [7, 11) is 1.40. The summed E-state index contributed by atoms with van der Waals surface area (Å²) in [6, 6.07) is 7.06. The topological polar surface area (TPSA) is 78.0 Å². The summed E-state index contributed by atoms with van der Waals surface area (Å²) in [5.41, 5.74) is 2.56. The van der Waals surface area contributed by atoms with Gasteiger partial charge in [0.05, 0.1) is 30.3 Å². The number of carbonyl (C=O) groups excluding carboxylic acids is 2. The van der Waals surface area contributed by atoms with Crippen LogP contribution in [-0.2, 0) is 20.9 Å². The highest BCUT2D eigenvalue weighted by atomic mass is 32.1. The largest absolute Gasteiger partial charge is 0.487 e. The number of ether oxygens (including phenoxy) is 3. The Hall–Kier alpha value is -2.45. The average molecular weight is 402 g/mol. The molecular weight excluding hydrogens is 380 g/mol. The zero-order valence-corrected chi connectivity index (χ0v) is 16.4. The van der Waals surface area contributed by atoms with Gasteiger partial charge in [0.2, 0.25) is 0 Å². The van der Waals surface area contributed by atoms with Crippen molar-refractivity contribution in [2.75, 3.05) is 33.4 Å². The molecule has 2 aromatic rings. The lowest BCUT2D eigenvalue weighted by molar-refractivity contribution is -0.161. The van der Waals surface area contributed by atoms with E-state index in [9.17, 15) is 9.59 Å². The highest BCUT2D eigenvalue weighted by Crippen LogP contribution is 2.43. The van der Waals surface area contributed by atoms with Crippen LogP contribution in [0.2, 0.25) is 0 Å². The lowest BCUT2D eigenvalue weighted by atomic mass is 9.74. The van der Waals surface area contributed by atoms with Crippen LogP contribution in [0.5, 0.6) is 5.75 Å². The Labute approximate surface area is 167 Å². The highest BCUT2D eigenvalue weighted by molar-refractivity contribution is 7.07. The molecule has 2 aliphatic rings. The number of methoxy groups -OCH3 is 1.